The van der Waals surface area contributed by atoms with Crippen LogP contribution in [0.5, 0.6) is 0 Å². The molecule has 6 heteroatoms. The maximum Gasteiger partial charge on any atom is 0.254 e. The first-order valence-electron chi connectivity index (χ1n) is 8.27. The van der Waals surface area contributed by atoms with Gasteiger partial charge >= 0.3 is 0 Å². The summed E-state index contributed by atoms with van der Waals surface area (Å²) in [4.78, 5) is 14.8. The largest absolute Gasteiger partial charge is 0.334 e. The van der Waals surface area contributed by atoms with Crippen molar-refractivity contribution in [1.29, 1.82) is 0 Å². The van der Waals surface area contributed by atoms with Crippen molar-refractivity contribution in [1.82, 2.24) is 4.90 Å². The summed E-state index contributed by atoms with van der Waals surface area (Å²) in [7, 11) is -3.87. The summed E-state index contributed by atoms with van der Waals surface area (Å²) in [6, 6.07) is 11.3. The van der Waals surface area contributed by atoms with E-state index in [0.29, 0.717) is 24.2 Å². The zero-order valence-electron chi connectivity index (χ0n) is 14.5. The van der Waals surface area contributed by atoms with Crippen LogP contribution < -0.4 is 5.14 Å². The van der Waals surface area contributed by atoms with Crippen LogP contribution in [0.1, 0.15) is 39.0 Å². The Morgan fingerprint density at radius 1 is 1.12 bits per heavy atom. The Bertz CT molecular complexity index is 936. The second-order valence-electron chi connectivity index (χ2n) is 6.56. The first-order chi connectivity index (χ1) is 11.8. The lowest BCUT2D eigenvalue weighted by Gasteiger charge is -2.22. The fourth-order valence-corrected chi connectivity index (χ4v) is 4.18. The van der Waals surface area contributed by atoms with Crippen molar-refractivity contribution in [3.63, 3.8) is 0 Å². The Morgan fingerprint density at radius 3 is 2.48 bits per heavy atom. The molecule has 132 valence electrons. The average Bonchev–Trinajstić information content (AvgIpc) is 2.77. The van der Waals surface area contributed by atoms with E-state index >= 15 is 0 Å². The lowest BCUT2D eigenvalue weighted by Crippen LogP contribution is -2.31. The van der Waals surface area contributed by atoms with Gasteiger partial charge in [0.05, 0.1) is 4.90 Å². The molecule has 0 unspecified atom stereocenters. The van der Waals surface area contributed by atoms with Gasteiger partial charge < -0.3 is 4.90 Å². The van der Waals surface area contributed by atoms with E-state index in [1.54, 1.807) is 24.8 Å². The molecule has 25 heavy (non-hydrogen) atoms. The molecule has 0 radical (unpaired) electrons. The summed E-state index contributed by atoms with van der Waals surface area (Å²) in [5.41, 5.74) is 4.10. The van der Waals surface area contributed by atoms with Gasteiger partial charge in [-0.25, -0.2) is 13.6 Å². The third-order valence-electron chi connectivity index (χ3n) is 4.81. The number of nitrogens with two attached hydrogens (primary N) is 1. The molecular formula is C19H22N2O3S. The maximum atomic E-state index is 13.0. The number of benzene rings is 2. The third kappa shape index (κ3) is 3.60. The number of sulfonamides is 1. The van der Waals surface area contributed by atoms with Crippen molar-refractivity contribution in [2.24, 2.45) is 5.14 Å². The monoisotopic (exact) mass is 358 g/mol. The molecule has 1 aliphatic rings. The van der Waals surface area contributed by atoms with E-state index in [-0.39, 0.29) is 10.8 Å². The van der Waals surface area contributed by atoms with Crippen LogP contribution in [-0.2, 0) is 23.0 Å². The van der Waals surface area contributed by atoms with E-state index in [2.05, 4.69) is 6.07 Å². The molecule has 1 amide bonds. The number of hydrogen-bond acceptors (Lipinski definition) is 3. The van der Waals surface area contributed by atoms with Crippen molar-refractivity contribution in [3.8, 4) is 0 Å². The van der Waals surface area contributed by atoms with E-state index in [1.165, 1.54) is 11.6 Å². The normalized spacial score (nSPS) is 14.8. The topological polar surface area (TPSA) is 80.5 Å². The first-order valence-corrected chi connectivity index (χ1v) is 9.82. The Labute approximate surface area is 148 Å². The molecule has 3 rings (SSSR count). The molecule has 0 bridgehead atoms. The highest BCUT2D eigenvalue weighted by molar-refractivity contribution is 7.89. The van der Waals surface area contributed by atoms with Gasteiger partial charge in [0.25, 0.3) is 5.91 Å². The first kappa shape index (κ1) is 17.6. The zero-order valence-corrected chi connectivity index (χ0v) is 15.3. The van der Waals surface area contributed by atoms with Crippen LogP contribution >= 0.6 is 0 Å². The minimum atomic E-state index is -3.87. The van der Waals surface area contributed by atoms with Crippen molar-refractivity contribution in [2.75, 3.05) is 6.54 Å². The van der Waals surface area contributed by atoms with Crippen LogP contribution in [0, 0.1) is 13.8 Å². The number of hydrogen-bond donors (Lipinski definition) is 1. The van der Waals surface area contributed by atoms with Gasteiger partial charge in [-0.3, -0.25) is 4.79 Å². The molecule has 2 aromatic rings. The van der Waals surface area contributed by atoms with E-state index in [1.807, 2.05) is 18.2 Å². The van der Waals surface area contributed by atoms with Gasteiger partial charge in [0, 0.05) is 18.7 Å². The van der Waals surface area contributed by atoms with Gasteiger partial charge in [-0.1, -0.05) is 24.3 Å². The predicted octanol–water partition coefficient (Wildman–Crippen LogP) is 2.54. The number of fused-ring (bicyclic) bond motifs is 1. The second-order valence-corrected chi connectivity index (χ2v) is 8.09. The van der Waals surface area contributed by atoms with Crippen LogP contribution in [0.25, 0.3) is 0 Å². The van der Waals surface area contributed by atoms with Crippen molar-refractivity contribution in [3.05, 3.63) is 64.2 Å². The van der Waals surface area contributed by atoms with Crippen molar-refractivity contribution >= 4 is 15.9 Å². The number of nitrogens with zero attached hydrogens (tertiary/aromatic N) is 1. The molecule has 1 heterocycles. The van der Waals surface area contributed by atoms with Gasteiger partial charge in [0.1, 0.15) is 0 Å². The fourth-order valence-electron chi connectivity index (χ4n) is 3.30. The molecule has 0 aromatic heterocycles. The molecule has 0 atom stereocenters. The molecule has 1 aliphatic heterocycles. The van der Waals surface area contributed by atoms with Gasteiger partial charge in [0.2, 0.25) is 10.0 Å². The highest BCUT2D eigenvalue weighted by Crippen LogP contribution is 2.24. The highest BCUT2D eigenvalue weighted by atomic mass is 32.2. The number of rotatable bonds is 2. The lowest BCUT2D eigenvalue weighted by molar-refractivity contribution is 0.0745. The lowest BCUT2D eigenvalue weighted by atomic mass is 10.0. The van der Waals surface area contributed by atoms with Crippen LogP contribution in [0.4, 0.5) is 0 Å². The minimum absolute atomic E-state index is 0.0195. The fraction of sp³-hybridized carbons (Fsp3) is 0.316. The molecule has 2 N–H and O–H groups in total. The van der Waals surface area contributed by atoms with Crippen molar-refractivity contribution < 1.29 is 13.2 Å². The van der Waals surface area contributed by atoms with Crippen molar-refractivity contribution in [2.45, 2.75) is 38.1 Å². The molecule has 0 fully saturated rings. The van der Waals surface area contributed by atoms with Gasteiger partial charge in [0.15, 0.2) is 0 Å². The molecule has 0 saturated heterocycles. The standard InChI is InChI=1S/C19H22N2O3S/c1-13-10-17(11-18(14(13)2)25(20,23)24)19(22)21-9-5-8-15-6-3-4-7-16(15)12-21/h3-4,6-7,10-11H,5,8-9,12H2,1-2H3,(H2,20,23,24). The quantitative estimate of drug-likeness (QED) is 0.896. The molecule has 0 spiro atoms. The second kappa shape index (κ2) is 6.61. The molecular weight excluding hydrogens is 336 g/mol. The molecule has 5 nitrogen and oxygen atoms in total. The zero-order chi connectivity index (χ0) is 18.2. The van der Waals surface area contributed by atoms with Crippen LogP contribution in [0.15, 0.2) is 41.3 Å². The Kier molecular flexibility index (Phi) is 4.67. The Morgan fingerprint density at radius 2 is 1.80 bits per heavy atom. The number of carbonyl (C=O) groups excluding carboxylic acids is 1. The summed E-state index contributed by atoms with van der Waals surface area (Å²) in [6.45, 7) is 4.67. The molecule has 0 saturated carbocycles. The molecule has 2 aromatic carbocycles. The minimum Gasteiger partial charge on any atom is -0.334 e. The molecule has 0 aliphatic carbocycles. The number of primary sulfonamides is 1. The average molecular weight is 358 g/mol. The number of carbonyl (C=O) groups is 1. The smallest absolute Gasteiger partial charge is 0.254 e. The maximum absolute atomic E-state index is 13.0. The van der Waals surface area contributed by atoms with E-state index in [9.17, 15) is 13.2 Å². The predicted molar refractivity (Wildman–Crippen MR) is 96.8 cm³/mol. The summed E-state index contributed by atoms with van der Waals surface area (Å²) in [5.74, 6) is -0.162. The van der Waals surface area contributed by atoms with E-state index in [4.69, 9.17) is 5.14 Å². The van der Waals surface area contributed by atoms with Gasteiger partial charge in [-0.15, -0.1) is 0 Å². The van der Waals surface area contributed by atoms with Gasteiger partial charge in [-0.2, -0.15) is 0 Å². The highest BCUT2D eigenvalue weighted by Gasteiger charge is 2.23. The van der Waals surface area contributed by atoms with E-state index < -0.39 is 10.0 Å². The Balaban J connectivity index is 1.97. The third-order valence-corrected chi connectivity index (χ3v) is 5.85. The SMILES string of the molecule is Cc1cc(C(=O)N2CCCc3ccccc3C2)cc(S(N)(=O)=O)c1C. The number of amides is 1. The summed E-state index contributed by atoms with van der Waals surface area (Å²) in [6.07, 6.45) is 1.82. The van der Waals surface area contributed by atoms with Gasteiger partial charge in [-0.05, 0) is 61.1 Å². The number of aryl methyl sites for hydroxylation is 2. The van der Waals surface area contributed by atoms with E-state index in [0.717, 1.165) is 24.0 Å². The Hall–Kier alpha value is -2.18. The van der Waals surface area contributed by atoms with Crippen LogP contribution in [0.2, 0.25) is 0 Å². The van der Waals surface area contributed by atoms with Crippen LogP contribution in [0.3, 0.4) is 0 Å². The summed E-state index contributed by atoms with van der Waals surface area (Å²) >= 11 is 0. The summed E-state index contributed by atoms with van der Waals surface area (Å²) < 4.78 is 23.7. The van der Waals surface area contributed by atoms with Crippen LogP contribution in [-0.4, -0.2) is 25.8 Å². The summed E-state index contributed by atoms with van der Waals surface area (Å²) in [5, 5.41) is 5.31.